The highest BCUT2D eigenvalue weighted by molar-refractivity contribution is 7.89. The number of benzene rings is 1. The monoisotopic (exact) mass is 282 g/mol. The van der Waals surface area contributed by atoms with Gasteiger partial charge in [0.1, 0.15) is 0 Å². The number of primary sulfonamides is 1. The van der Waals surface area contributed by atoms with Crippen molar-refractivity contribution in [3.8, 4) is 0 Å². The normalized spacial score (nSPS) is 15.9. The average molecular weight is 282 g/mol. The lowest BCUT2D eigenvalue weighted by Gasteiger charge is -2.24. The number of sulfonamides is 1. The standard InChI is InChI=1S/C13H18N2O3S/c1-9-5-6-11(19(14,17)18)8-12(9)15-13(16)7-10-3-2-4-10/h5-6,8,10H,2-4,7H2,1H3,(H,15,16)(H2,14,17,18). The molecule has 0 aromatic heterocycles. The molecular formula is C13H18N2O3S. The summed E-state index contributed by atoms with van der Waals surface area (Å²) in [5.41, 5.74) is 1.32. The fraction of sp³-hybridized carbons (Fsp3) is 0.462. The first-order chi connectivity index (χ1) is 8.86. The lowest BCUT2D eigenvalue weighted by molar-refractivity contribution is -0.117. The first kappa shape index (κ1) is 14.0. The highest BCUT2D eigenvalue weighted by Crippen LogP contribution is 2.30. The second-order valence-corrected chi connectivity index (χ2v) is 6.63. The van der Waals surface area contributed by atoms with Crippen molar-refractivity contribution in [3.05, 3.63) is 23.8 Å². The van der Waals surface area contributed by atoms with Crippen LogP contribution in [0.25, 0.3) is 0 Å². The molecule has 1 fully saturated rings. The van der Waals surface area contributed by atoms with Gasteiger partial charge in [-0.1, -0.05) is 12.5 Å². The second kappa shape index (κ2) is 5.30. The Kier molecular flexibility index (Phi) is 3.91. The molecule has 1 aliphatic rings. The Morgan fingerprint density at radius 2 is 2.11 bits per heavy atom. The van der Waals surface area contributed by atoms with Gasteiger partial charge in [-0.3, -0.25) is 4.79 Å². The molecular weight excluding hydrogens is 264 g/mol. The summed E-state index contributed by atoms with van der Waals surface area (Å²) in [6, 6.07) is 4.48. The summed E-state index contributed by atoms with van der Waals surface area (Å²) in [6.45, 7) is 1.81. The predicted molar refractivity (Wildman–Crippen MR) is 73.1 cm³/mol. The van der Waals surface area contributed by atoms with Crippen molar-refractivity contribution in [2.45, 2.75) is 37.5 Å². The van der Waals surface area contributed by atoms with Crippen LogP contribution < -0.4 is 10.5 Å². The van der Waals surface area contributed by atoms with Gasteiger partial charge in [0.15, 0.2) is 0 Å². The molecule has 0 radical (unpaired) electrons. The molecule has 0 heterocycles. The van der Waals surface area contributed by atoms with Gasteiger partial charge < -0.3 is 5.32 Å². The second-order valence-electron chi connectivity index (χ2n) is 5.07. The van der Waals surface area contributed by atoms with E-state index in [1.807, 2.05) is 6.92 Å². The number of anilines is 1. The van der Waals surface area contributed by atoms with E-state index in [-0.39, 0.29) is 10.8 Å². The smallest absolute Gasteiger partial charge is 0.238 e. The molecule has 1 aromatic carbocycles. The van der Waals surface area contributed by atoms with Crippen LogP contribution in [0.3, 0.4) is 0 Å². The largest absolute Gasteiger partial charge is 0.326 e. The summed E-state index contributed by atoms with van der Waals surface area (Å²) < 4.78 is 22.6. The fourth-order valence-corrected chi connectivity index (χ4v) is 2.61. The van der Waals surface area contributed by atoms with Crippen molar-refractivity contribution in [2.24, 2.45) is 11.1 Å². The Morgan fingerprint density at radius 3 is 2.63 bits per heavy atom. The summed E-state index contributed by atoms with van der Waals surface area (Å²) in [5.74, 6) is 0.404. The van der Waals surface area contributed by atoms with Gasteiger partial charge in [0.05, 0.1) is 4.90 Å². The molecule has 0 bridgehead atoms. The number of hydrogen-bond acceptors (Lipinski definition) is 3. The van der Waals surface area contributed by atoms with E-state index in [2.05, 4.69) is 5.32 Å². The Balaban J connectivity index is 2.12. The summed E-state index contributed by atoms with van der Waals surface area (Å²) in [4.78, 5) is 11.8. The Bertz CT molecular complexity index is 592. The van der Waals surface area contributed by atoms with E-state index in [1.165, 1.54) is 18.6 Å². The lowest BCUT2D eigenvalue weighted by atomic mass is 9.83. The third-order valence-electron chi connectivity index (χ3n) is 3.51. The van der Waals surface area contributed by atoms with Gasteiger partial charge in [-0.15, -0.1) is 0 Å². The molecule has 19 heavy (non-hydrogen) atoms. The van der Waals surface area contributed by atoms with Crippen molar-refractivity contribution < 1.29 is 13.2 Å². The zero-order chi connectivity index (χ0) is 14.0. The minimum atomic E-state index is -3.75. The van der Waals surface area contributed by atoms with Gasteiger partial charge in [0, 0.05) is 12.1 Å². The maximum Gasteiger partial charge on any atom is 0.238 e. The SMILES string of the molecule is Cc1ccc(S(N)(=O)=O)cc1NC(=O)CC1CCC1. The number of nitrogens with two attached hydrogens (primary N) is 1. The molecule has 6 heteroatoms. The molecule has 1 amide bonds. The minimum absolute atomic E-state index is 0.0112. The van der Waals surface area contributed by atoms with Crippen LogP contribution >= 0.6 is 0 Å². The number of rotatable bonds is 4. The van der Waals surface area contributed by atoms with Crippen molar-refractivity contribution in [3.63, 3.8) is 0 Å². The van der Waals surface area contributed by atoms with Crippen LogP contribution in [-0.4, -0.2) is 14.3 Å². The van der Waals surface area contributed by atoms with Crippen LogP contribution in [0.15, 0.2) is 23.1 Å². The number of carbonyl (C=O) groups excluding carboxylic acids is 1. The molecule has 3 N–H and O–H groups in total. The van der Waals surface area contributed by atoms with Gasteiger partial charge in [-0.2, -0.15) is 0 Å². The summed E-state index contributed by atoms with van der Waals surface area (Å²) in [7, 11) is -3.75. The summed E-state index contributed by atoms with van der Waals surface area (Å²) in [5, 5.41) is 7.84. The molecule has 104 valence electrons. The third kappa shape index (κ3) is 3.54. The van der Waals surface area contributed by atoms with Crippen molar-refractivity contribution >= 4 is 21.6 Å². The van der Waals surface area contributed by atoms with Gasteiger partial charge in [0.2, 0.25) is 15.9 Å². The van der Waals surface area contributed by atoms with E-state index in [1.54, 1.807) is 6.07 Å². The van der Waals surface area contributed by atoms with Gasteiger partial charge in [0.25, 0.3) is 0 Å². The molecule has 2 rings (SSSR count). The Labute approximate surface area is 113 Å². The van der Waals surface area contributed by atoms with E-state index >= 15 is 0 Å². The van der Waals surface area contributed by atoms with Gasteiger partial charge in [-0.05, 0) is 43.4 Å². The first-order valence-corrected chi connectivity index (χ1v) is 7.84. The van der Waals surface area contributed by atoms with Gasteiger partial charge >= 0.3 is 0 Å². The number of hydrogen-bond donors (Lipinski definition) is 2. The number of amides is 1. The van der Waals surface area contributed by atoms with Crippen LogP contribution in [0.1, 0.15) is 31.2 Å². The zero-order valence-corrected chi connectivity index (χ0v) is 11.7. The van der Waals surface area contributed by atoms with Crippen LogP contribution in [0.2, 0.25) is 0 Å². The molecule has 0 unspecified atom stereocenters. The quantitative estimate of drug-likeness (QED) is 0.882. The van der Waals surface area contributed by atoms with E-state index in [0.29, 0.717) is 18.0 Å². The molecule has 1 saturated carbocycles. The summed E-state index contributed by atoms with van der Waals surface area (Å²) in [6.07, 6.45) is 3.89. The summed E-state index contributed by atoms with van der Waals surface area (Å²) >= 11 is 0. The molecule has 0 saturated heterocycles. The Hall–Kier alpha value is -1.40. The zero-order valence-electron chi connectivity index (χ0n) is 10.8. The van der Waals surface area contributed by atoms with Crippen LogP contribution in [0, 0.1) is 12.8 Å². The highest BCUT2D eigenvalue weighted by atomic mass is 32.2. The van der Waals surface area contributed by atoms with Crippen LogP contribution in [-0.2, 0) is 14.8 Å². The molecule has 1 aliphatic carbocycles. The maximum absolute atomic E-state index is 11.8. The van der Waals surface area contributed by atoms with Crippen molar-refractivity contribution in [2.75, 3.05) is 5.32 Å². The molecule has 5 nitrogen and oxygen atoms in total. The third-order valence-corrected chi connectivity index (χ3v) is 4.42. The Morgan fingerprint density at radius 1 is 1.42 bits per heavy atom. The van der Waals surface area contributed by atoms with Crippen molar-refractivity contribution in [1.29, 1.82) is 0 Å². The molecule has 0 atom stereocenters. The van der Waals surface area contributed by atoms with E-state index < -0.39 is 10.0 Å². The topological polar surface area (TPSA) is 89.3 Å². The van der Waals surface area contributed by atoms with E-state index in [0.717, 1.165) is 18.4 Å². The van der Waals surface area contributed by atoms with E-state index in [9.17, 15) is 13.2 Å². The number of aryl methyl sites for hydroxylation is 1. The molecule has 1 aromatic rings. The average Bonchev–Trinajstić information content (AvgIpc) is 2.25. The molecule has 0 spiro atoms. The fourth-order valence-electron chi connectivity index (χ4n) is 2.07. The first-order valence-electron chi connectivity index (χ1n) is 6.29. The van der Waals surface area contributed by atoms with Crippen molar-refractivity contribution in [1.82, 2.24) is 0 Å². The number of carbonyl (C=O) groups is 1. The molecule has 0 aliphatic heterocycles. The van der Waals surface area contributed by atoms with Crippen LogP contribution in [0.4, 0.5) is 5.69 Å². The number of nitrogens with one attached hydrogen (secondary N) is 1. The lowest BCUT2D eigenvalue weighted by Crippen LogP contribution is -2.21. The minimum Gasteiger partial charge on any atom is -0.326 e. The van der Waals surface area contributed by atoms with Gasteiger partial charge in [-0.25, -0.2) is 13.6 Å². The highest BCUT2D eigenvalue weighted by Gasteiger charge is 2.21. The van der Waals surface area contributed by atoms with E-state index in [4.69, 9.17) is 5.14 Å². The van der Waals surface area contributed by atoms with Crippen LogP contribution in [0.5, 0.6) is 0 Å². The predicted octanol–water partition coefficient (Wildman–Crippen LogP) is 1.77. The maximum atomic E-state index is 11.8.